The topological polar surface area (TPSA) is 41.9 Å². The van der Waals surface area contributed by atoms with E-state index in [0.717, 1.165) is 17.9 Å². The van der Waals surface area contributed by atoms with Crippen molar-refractivity contribution < 1.29 is 14.6 Å². The molecule has 1 N–H and O–H groups in total. The van der Waals surface area contributed by atoms with E-state index in [1.165, 1.54) is 4.88 Å². The van der Waals surface area contributed by atoms with Crippen molar-refractivity contribution in [1.82, 2.24) is 4.90 Å². The average Bonchev–Trinajstić information content (AvgIpc) is 3.00. The summed E-state index contributed by atoms with van der Waals surface area (Å²) in [6.45, 7) is 2.25. The number of aliphatic hydroxyl groups excluding tert-OH is 1. The first-order valence-corrected chi connectivity index (χ1v) is 8.15. The van der Waals surface area contributed by atoms with Crippen LogP contribution in [0.5, 0.6) is 5.75 Å². The molecule has 0 aliphatic rings. The summed E-state index contributed by atoms with van der Waals surface area (Å²) >= 11 is 1.66. The molecule has 0 fully saturated rings. The minimum Gasteiger partial charge on any atom is -0.497 e. The molecule has 1 heterocycles. The summed E-state index contributed by atoms with van der Waals surface area (Å²) in [6, 6.07) is 12.0. The quantitative estimate of drug-likeness (QED) is 0.771. The number of benzene rings is 1. The minimum absolute atomic E-state index is 0.348. The molecule has 120 valence electrons. The zero-order valence-electron chi connectivity index (χ0n) is 13.1. The highest BCUT2D eigenvalue weighted by molar-refractivity contribution is 7.09. The van der Waals surface area contributed by atoms with Crippen molar-refractivity contribution in [3.63, 3.8) is 0 Å². The first kappa shape index (κ1) is 17.0. The fourth-order valence-electron chi connectivity index (χ4n) is 2.25. The largest absolute Gasteiger partial charge is 0.497 e. The van der Waals surface area contributed by atoms with Gasteiger partial charge in [-0.25, -0.2) is 0 Å². The Hall–Kier alpha value is -1.40. The number of ether oxygens (including phenoxy) is 2. The highest BCUT2D eigenvalue weighted by Crippen LogP contribution is 2.14. The van der Waals surface area contributed by atoms with Crippen LogP contribution in [-0.2, 0) is 17.9 Å². The van der Waals surface area contributed by atoms with E-state index in [-0.39, 0.29) is 0 Å². The molecule has 1 aromatic heterocycles. The molecule has 5 heteroatoms. The lowest BCUT2D eigenvalue weighted by molar-refractivity contribution is 0.0135. The Bertz CT molecular complexity index is 545. The minimum atomic E-state index is -0.490. The number of thiophene rings is 1. The zero-order chi connectivity index (χ0) is 15.8. The Morgan fingerprint density at radius 3 is 2.86 bits per heavy atom. The van der Waals surface area contributed by atoms with Gasteiger partial charge < -0.3 is 14.6 Å². The molecule has 0 aliphatic carbocycles. The number of methoxy groups -OCH3 is 1. The number of aliphatic hydroxyl groups is 1. The van der Waals surface area contributed by atoms with E-state index in [9.17, 15) is 5.11 Å². The van der Waals surface area contributed by atoms with Crippen LogP contribution < -0.4 is 4.74 Å². The van der Waals surface area contributed by atoms with E-state index < -0.39 is 6.10 Å². The van der Waals surface area contributed by atoms with Crippen LogP contribution >= 0.6 is 11.3 Å². The monoisotopic (exact) mass is 321 g/mol. The fourth-order valence-corrected chi connectivity index (χ4v) is 2.89. The second-order valence-electron chi connectivity index (χ2n) is 5.30. The number of hydrogen-bond acceptors (Lipinski definition) is 5. The van der Waals surface area contributed by atoms with E-state index in [1.807, 2.05) is 42.8 Å². The maximum atomic E-state index is 10.0. The van der Waals surface area contributed by atoms with E-state index >= 15 is 0 Å². The number of rotatable bonds is 9. The Labute approximate surface area is 135 Å². The first-order valence-electron chi connectivity index (χ1n) is 7.27. The Kier molecular flexibility index (Phi) is 6.86. The van der Waals surface area contributed by atoms with Crippen LogP contribution in [0.4, 0.5) is 0 Å². The van der Waals surface area contributed by atoms with Gasteiger partial charge in [0.2, 0.25) is 0 Å². The van der Waals surface area contributed by atoms with Crippen molar-refractivity contribution in [3.05, 3.63) is 52.2 Å². The van der Waals surface area contributed by atoms with Crippen LogP contribution in [0.1, 0.15) is 10.4 Å². The van der Waals surface area contributed by atoms with Crippen LogP contribution in [0.3, 0.4) is 0 Å². The molecule has 22 heavy (non-hydrogen) atoms. The van der Waals surface area contributed by atoms with E-state index in [4.69, 9.17) is 9.47 Å². The van der Waals surface area contributed by atoms with Crippen molar-refractivity contribution in [3.8, 4) is 5.75 Å². The van der Waals surface area contributed by atoms with Gasteiger partial charge in [-0.3, -0.25) is 4.90 Å². The van der Waals surface area contributed by atoms with Crippen LogP contribution in [0.15, 0.2) is 41.8 Å². The molecule has 1 aromatic carbocycles. The molecular formula is C17H23NO3S. The van der Waals surface area contributed by atoms with E-state index in [1.54, 1.807) is 18.4 Å². The highest BCUT2D eigenvalue weighted by Gasteiger charge is 2.09. The Balaban J connectivity index is 1.70. The molecule has 2 aromatic rings. The third-order valence-corrected chi connectivity index (χ3v) is 4.09. The summed E-state index contributed by atoms with van der Waals surface area (Å²) in [4.78, 5) is 3.26. The van der Waals surface area contributed by atoms with Crippen molar-refractivity contribution in [2.45, 2.75) is 19.3 Å². The lowest BCUT2D eigenvalue weighted by atomic mass is 10.2. The molecule has 0 saturated carbocycles. The third-order valence-electron chi connectivity index (χ3n) is 3.24. The summed E-state index contributed by atoms with van der Waals surface area (Å²) < 4.78 is 10.8. The maximum absolute atomic E-state index is 10.0. The lowest BCUT2D eigenvalue weighted by Crippen LogP contribution is -2.31. The predicted octanol–water partition coefficient (Wildman–Crippen LogP) is 2.77. The Morgan fingerprint density at radius 1 is 1.27 bits per heavy atom. The van der Waals surface area contributed by atoms with Gasteiger partial charge in [0, 0.05) is 18.0 Å². The van der Waals surface area contributed by atoms with Gasteiger partial charge in [0.1, 0.15) is 5.75 Å². The summed E-state index contributed by atoms with van der Waals surface area (Å²) in [5.74, 6) is 0.853. The van der Waals surface area contributed by atoms with Crippen LogP contribution in [0.25, 0.3) is 0 Å². The summed E-state index contributed by atoms with van der Waals surface area (Å²) in [6.07, 6.45) is -0.490. The van der Waals surface area contributed by atoms with Gasteiger partial charge in [-0.1, -0.05) is 18.2 Å². The number of hydrogen-bond donors (Lipinski definition) is 1. The smallest absolute Gasteiger partial charge is 0.119 e. The second kappa shape index (κ2) is 8.90. The second-order valence-corrected chi connectivity index (χ2v) is 6.33. The van der Waals surface area contributed by atoms with Gasteiger partial charge in [-0.15, -0.1) is 11.3 Å². The van der Waals surface area contributed by atoms with Crippen molar-refractivity contribution >= 4 is 11.3 Å². The van der Waals surface area contributed by atoms with Crippen LogP contribution in [0, 0.1) is 0 Å². The molecule has 1 atom stereocenters. The molecule has 0 bridgehead atoms. The Morgan fingerprint density at radius 2 is 2.14 bits per heavy atom. The van der Waals surface area contributed by atoms with Gasteiger partial charge in [-0.05, 0) is 36.2 Å². The van der Waals surface area contributed by atoms with Gasteiger partial charge >= 0.3 is 0 Å². The number of nitrogens with zero attached hydrogens (tertiary/aromatic N) is 1. The van der Waals surface area contributed by atoms with Gasteiger partial charge in [0.05, 0.1) is 26.4 Å². The zero-order valence-corrected chi connectivity index (χ0v) is 13.9. The maximum Gasteiger partial charge on any atom is 0.119 e. The first-order chi connectivity index (χ1) is 10.7. The molecule has 0 aliphatic heterocycles. The molecule has 0 saturated heterocycles. The SMILES string of the molecule is COc1cccc(CN(C)C[C@@H](O)COCc2cccs2)c1. The molecule has 0 amide bonds. The average molecular weight is 321 g/mol. The van der Waals surface area contributed by atoms with Crippen LogP contribution in [0.2, 0.25) is 0 Å². The molecule has 0 unspecified atom stereocenters. The van der Waals surface area contributed by atoms with Gasteiger partial charge in [-0.2, -0.15) is 0 Å². The normalized spacial score (nSPS) is 12.5. The summed E-state index contributed by atoms with van der Waals surface area (Å²) in [5, 5.41) is 12.1. The summed E-state index contributed by atoms with van der Waals surface area (Å²) in [5.41, 5.74) is 1.16. The molecule has 2 rings (SSSR count). The molecule has 0 radical (unpaired) electrons. The van der Waals surface area contributed by atoms with Gasteiger partial charge in [0.15, 0.2) is 0 Å². The molecule has 0 spiro atoms. The van der Waals surface area contributed by atoms with E-state index in [0.29, 0.717) is 19.8 Å². The van der Waals surface area contributed by atoms with Crippen molar-refractivity contribution in [1.29, 1.82) is 0 Å². The lowest BCUT2D eigenvalue weighted by Gasteiger charge is -2.20. The van der Waals surface area contributed by atoms with Crippen molar-refractivity contribution in [2.75, 3.05) is 27.3 Å². The van der Waals surface area contributed by atoms with Crippen LogP contribution in [-0.4, -0.2) is 43.4 Å². The number of likely N-dealkylation sites (N-methyl/N-ethyl adjacent to an activating group) is 1. The van der Waals surface area contributed by atoms with Gasteiger partial charge in [0.25, 0.3) is 0 Å². The standard InChI is InChI=1S/C17H23NO3S/c1-18(10-14-5-3-6-16(9-14)20-2)11-15(19)12-21-13-17-7-4-8-22-17/h3-9,15,19H,10-13H2,1-2H3/t15-/m1/s1. The van der Waals surface area contributed by atoms with Crippen molar-refractivity contribution in [2.24, 2.45) is 0 Å². The summed E-state index contributed by atoms with van der Waals surface area (Å²) in [7, 11) is 3.65. The van der Waals surface area contributed by atoms with E-state index in [2.05, 4.69) is 11.0 Å². The highest BCUT2D eigenvalue weighted by atomic mass is 32.1. The fraction of sp³-hybridized carbons (Fsp3) is 0.412. The molecule has 4 nitrogen and oxygen atoms in total. The predicted molar refractivity (Wildman–Crippen MR) is 89.3 cm³/mol. The third kappa shape index (κ3) is 5.77. The molecular weight excluding hydrogens is 298 g/mol.